The molecule has 4 rings (SSSR count). The van der Waals surface area contributed by atoms with Gasteiger partial charge in [-0.2, -0.15) is 0 Å². The lowest BCUT2D eigenvalue weighted by molar-refractivity contribution is -0.265. The molecule has 0 spiro atoms. The molecule has 6 N–H and O–H groups in total. The second kappa shape index (κ2) is 9.28. The molecule has 0 heterocycles. The lowest BCUT2D eigenvalue weighted by Crippen LogP contribution is -2.79. The van der Waals surface area contributed by atoms with Gasteiger partial charge in [0.1, 0.15) is 17.8 Å². The molecule has 208 valence electrons. The molecular weight excluding hydrogens is 486 g/mol. The molecule has 8 atom stereocenters. The molecule has 38 heavy (non-hydrogen) atoms. The normalized spacial score (nSPS) is 38.7. The van der Waals surface area contributed by atoms with Gasteiger partial charge in [-0.05, 0) is 60.6 Å². The van der Waals surface area contributed by atoms with Crippen molar-refractivity contribution >= 4 is 23.5 Å². The van der Waals surface area contributed by atoms with E-state index < -0.39 is 63.9 Å². The number of allylic oxidation sites excluding steroid dienone is 1. The Morgan fingerprint density at radius 2 is 1.87 bits per heavy atom. The molecule has 0 bridgehead atoms. The number of amides is 1. The topological polar surface area (TPSA) is 158 Å². The predicted molar refractivity (Wildman–Crippen MR) is 142 cm³/mol. The number of rotatable bonds is 5. The van der Waals surface area contributed by atoms with Crippen LogP contribution < -0.4 is 5.73 Å². The third-order valence-electron chi connectivity index (χ3n) is 9.77. The molecule has 2 fully saturated rings. The first-order valence-corrected chi connectivity index (χ1v) is 13.6. The summed E-state index contributed by atoms with van der Waals surface area (Å²) in [5, 5.41) is 46.4. The van der Waals surface area contributed by atoms with Crippen molar-refractivity contribution in [1.29, 1.82) is 0 Å². The van der Waals surface area contributed by atoms with Crippen LogP contribution >= 0.6 is 0 Å². The number of nitrogens with two attached hydrogens (primary N) is 1. The van der Waals surface area contributed by atoms with Crippen LogP contribution in [0.15, 0.2) is 12.1 Å². The maximum absolute atomic E-state index is 14.2. The fourth-order valence-electron chi connectivity index (χ4n) is 8.50. The summed E-state index contributed by atoms with van der Waals surface area (Å²) in [6.07, 6.45) is 2.18. The number of hydrogen-bond donors (Lipinski definition) is 5. The summed E-state index contributed by atoms with van der Waals surface area (Å²) in [4.78, 5) is 40.3. The number of aliphatic hydroxyl groups is 3. The summed E-state index contributed by atoms with van der Waals surface area (Å²) in [6.45, 7) is 11.0. The number of ketones is 2. The Morgan fingerprint density at radius 1 is 1.24 bits per heavy atom. The van der Waals surface area contributed by atoms with E-state index in [1.54, 1.807) is 19.1 Å². The number of primary amides is 1. The number of hydrogen-bond acceptors (Lipinski definition) is 7. The lowest BCUT2D eigenvalue weighted by atomic mass is 9.39. The zero-order valence-corrected chi connectivity index (χ0v) is 23.1. The van der Waals surface area contributed by atoms with Crippen molar-refractivity contribution in [1.82, 2.24) is 0 Å². The van der Waals surface area contributed by atoms with E-state index in [2.05, 4.69) is 0 Å². The van der Waals surface area contributed by atoms with Crippen LogP contribution in [0, 0.1) is 34.5 Å². The average molecular weight is 528 g/mol. The van der Waals surface area contributed by atoms with Crippen LogP contribution in [0.4, 0.5) is 0 Å². The van der Waals surface area contributed by atoms with Gasteiger partial charge in [-0.25, -0.2) is 0 Å². The van der Waals surface area contributed by atoms with E-state index in [1.807, 2.05) is 40.7 Å². The predicted octanol–water partition coefficient (Wildman–Crippen LogP) is 2.56. The van der Waals surface area contributed by atoms with Gasteiger partial charge in [-0.15, -0.1) is 0 Å². The quantitative estimate of drug-likeness (QED) is 0.368. The highest BCUT2D eigenvalue weighted by Crippen LogP contribution is 2.65. The van der Waals surface area contributed by atoms with Crippen LogP contribution in [0.2, 0.25) is 0 Å². The first-order valence-electron chi connectivity index (χ1n) is 13.6. The first-order chi connectivity index (χ1) is 17.6. The van der Waals surface area contributed by atoms with E-state index in [4.69, 9.17) is 5.73 Å². The van der Waals surface area contributed by atoms with Gasteiger partial charge < -0.3 is 26.2 Å². The van der Waals surface area contributed by atoms with Gasteiger partial charge in [0.25, 0.3) is 0 Å². The zero-order chi connectivity index (χ0) is 28.5. The van der Waals surface area contributed by atoms with Crippen LogP contribution in [0.5, 0.6) is 5.75 Å². The summed E-state index contributed by atoms with van der Waals surface area (Å²) in [6, 6.07) is 1.90. The SMILES string of the molecule is CC=Cc1cc(CCC)c2c(c1O)C(=O)[C@@H]1C(O)[C@@]3(O)C(=O)[C@H](C(N)=O)C(O)[C@H](C(C)C)[C@@]3(C)C[C@@]1(C)C2. The van der Waals surface area contributed by atoms with Gasteiger partial charge in [-0.1, -0.05) is 53.2 Å². The maximum atomic E-state index is 14.2. The highest BCUT2D eigenvalue weighted by molar-refractivity contribution is 6.09. The minimum atomic E-state index is -2.50. The van der Waals surface area contributed by atoms with Crippen molar-refractivity contribution in [3.05, 3.63) is 34.4 Å². The Hall–Kier alpha value is -2.55. The third kappa shape index (κ3) is 3.56. The van der Waals surface area contributed by atoms with E-state index in [0.29, 0.717) is 18.4 Å². The number of carbonyl (C=O) groups excluding carboxylic acids is 3. The van der Waals surface area contributed by atoms with Gasteiger partial charge in [-0.3, -0.25) is 14.4 Å². The molecule has 1 amide bonds. The zero-order valence-electron chi connectivity index (χ0n) is 23.1. The molecule has 8 nitrogen and oxygen atoms in total. The molecule has 1 aromatic carbocycles. The molecule has 0 aromatic heterocycles. The smallest absolute Gasteiger partial charge is 0.230 e. The molecule has 3 aliphatic rings. The van der Waals surface area contributed by atoms with Crippen molar-refractivity contribution in [2.75, 3.05) is 0 Å². The van der Waals surface area contributed by atoms with Crippen molar-refractivity contribution in [3.8, 4) is 5.75 Å². The number of phenols is 1. The number of aryl methyl sites for hydroxylation is 1. The van der Waals surface area contributed by atoms with Gasteiger partial charge >= 0.3 is 0 Å². The fourth-order valence-corrected chi connectivity index (χ4v) is 8.50. The highest BCUT2D eigenvalue weighted by Gasteiger charge is 2.75. The second-order valence-electron chi connectivity index (χ2n) is 12.6. The van der Waals surface area contributed by atoms with Gasteiger partial charge in [0, 0.05) is 11.0 Å². The Bertz CT molecular complexity index is 1220. The monoisotopic (exact) mass is 527 g/mol. The number of benzene rings is 1. The third-order valence-corrected chi connectivity index (χ3v) is 9.77. The van der Waals surface area contributed by atoms with Crippen LogP contribution in [-0.2, 0) is 22.4 Å². The largest absolute Gasteiger partial charge is 0.507 e. The number of aliphatic hydroxyl groups excluding tert-OH is 2. The van der Waals surface area contributed by atoms with E-state index in [-0.39, 0.29) is 23.7 Å². The Morgan fingerprint density at radius 3 is 2.39 bits per heavy atom. The molecular formula is C30H41NO7. The van der Waals surface area contributed by atoms with Gasteiger partial charge in [0.15, 0.2) is 17.2 Å². The standard InChI is InChI=1S/C30H41NO7/c1-7-9-15-11-16(10-8-2)22(32)18-17(15)12-28(5)13-29(6)20(14(3)4)24(34)19(27(31)37)25(35)30(29,38)26(36)21(28)23(18)33/h8,10-11,14,19-21,24,26,32,34,36,38H,7,9,12-13H2,1-6H3,(H2,31,37)/t19-,20+,21-,24?,26?,28-,29-,30+/m1/s1. The molecule has 8 heteroatoms. The summed E-state index contributed by atoms with van der Waals surface area (Å²) in [5.74, 6) is -6.81. The summed E-state index contributed by atoms with van der Waals surface area (Å²) < 4.78 is 0. The summed E-state index contributed by atoms with van der Waals surface area (Å²) in [5.41, 5.74) is 3.04. The minimum absolute atomic E-state index is 0.118. The van der Waals surface area contributed by atoms with Crippen LogP contribution in [0.3, 0.4) is 0 Å². The second-order valence-corrected chi connectivity index (χ2v) is 12.6. The maximum Gasteiger partial charge on any atom is 0.230 e. The summed E-state index contributed by atoms with van der Waals surface area (Å²) >= 11 is 0. The Kier molecular flexibility index (Phi) is 6.95. The molecule has 2 saturated carbocycles. The van der Waals surface area contributed by atoms with Crippen molar-refractivity contribution in [3.63, 3.8) is 0 Å². The van der Waals surface area contributed by atoms with E-state index in [0.717, 1.165) is 17.5 Å². The van der Waals surface area contributed by atoms with Crippen molar-refractivity contribution in [2.24, 2.45) is 40.2 Å². The number of fused-ring (bicyclic) bond motifs is 3. The van der Waals surface area contributed by atoms with Crippen molar-refractivity contribution in [2.45, 2.75) is 85.0 Å². The van der Waals surface area contributed by atoms with E-state index in [9.17, 15) is 34.8 Å². The molecule has 0 aliphatic heterocycles. The highest BCUT2D eigenvalue weighted by atomic mass is 16.4. The van der Waals surface area contributed by atoms with Crippen LogP contribution in [0.1, 0.15) is 81.4 Å². The van der Waals surface area contributed by atoms with E-state index in [1.165, 1.54) is 0 Å². The summed E-state index contributed by atoms with van der Waals surface area (Å²) in [7, 11) is 0. The lowest BCUT2D eigenvalue weighted by Gasteiger charge is -2.66. The van der Waals surface area contributed by atoms with Crippen LogP contribution in [-0.4, -0.2) is 55.7 Å². The number of phenolic OH excluding ortho intramolecular Hbond substituents is 1. The fraction of sp³-hybridized carbons (Fsp3) is 0.633. The molecule has 1 aromatic rings. The molecule has 0 radical (unpaired) electrons. The molecule has 0 saturated heterocycles. The van der Waals surface area contributed by atoms with E-state index >= 15 is 0 Å². The Labute approximate surface area is 223 Å². The number of Topliss-reactive ketones (excluding diaryl/α,β-unsaturated/α-hetero) is 2. The molecule has 2 unspecified atom stereocenters. The van der Waals surface area contributed by atoms with Crippen molar-refractivity contribution < 1.29 is 34.8 Å². The Balaban J connectivity index is 1.99. The first kappa shape index (κ1) is 28.5. The minimum Gasteiger partial charge on any atom is -0.507 e. The average Bonchev–Trinajstić information content (AvgIpc) is 2.79. The van der Waals surface area contributed by atoms with Gasteiger partial charge in [0.2, 0.25) is 5.91 Å². The number of carbonyl (C=O) groups is 3. The molecule has 3 aliphatic carbocycles. The van der Waals surface area contributed by atoms with Gasteiger partial charge in [0.05, 0.1) is 17.6 Å². The number of aromatic hydroxyl groups is 1. The van der Waals surface area contributed by atoms with Crippen LogP contribution in [0.25, 0.3) is 6.08 Å².